The SMILES string of the molecule is CCc1nc2cccc(Cl)c2nc1Cl.O=C1NC(=O)c2ccccc21. The van der Waals surface area contributed by atoms with E-state index in [9.17, 15) is 9.59 Å². The number of amides is 2. The molecule has 0 radical (unpaired) electrons. The highest BCUT2D eigenvalue weighted by atomic mass is 35.5. The van der Waals surface area contributed by atoms with Crippen LogP contribution in [0.25, 0.3) is 11.0 Å². The largest absolute Gasteiger partial charge is 0.288 e. The van der Waals surface area contributed by atoms with Crippen molar-refractivity contribution in [2.24, 2.45) is 0 Å². The van der Waals surface area contributed by atoms with Crippen LogP contribution >= 0.6 is 23.2 Å². The molecule has 0 fully saturated rings. The minimum absolute atomic E-state index is 0.300. The Hall–Kier alpha value is -2.50. The zero-order valence-corrected chi connectivity index (χ0v) is 14.7. The van der Waals surface area contributed by atoms with Crippen LogP contribution in [0.15, 0.2) is 42.5 Å². The standard InChI is InChI=1S/C10H8Cl2N2.C8H5NO2/c1-2-7-10(12)14-9-6(11)4-3-5-8(9)13-7;10-7-5-3-1-2-4-6(5)8(11)9-7/h3-5H,2H2,1H3;1-4H,(H,9,10,11). The fraction of sp³-hybridized carbons (Fsp3) is 0.111. The van der Waals surface area contributed by atoms with Crippen LogP contribution in [0, 0.1) is 0 Å². The average Bonchev–Trinajstić information content (AvgIpc) is 2.91. The highest BCUT2D eigenvalue weighted by molar-refractivity contribution is 6.35. The Kier molecular flexibility index (Phi) is 4.97. The number of halogens is 2. The number of hydrogen-bond donors (Lipinski definition) is 1. The summed E-state index contributed by atoms with van der Waals surface area (Å²) in [5.74, 6) is -0.601. The Morgan fingerprint density at radius 2 is 1.56 bits per heavy atom. The summed E-state index contributed by atoms with van der Waals surface area (Å²) >= 11 is 11.9. The number of aryl methyl sites for hydroxylation is 1. The first-order valence-electron chi connectivity index (χ1n) is 7.56. The van der Waals surface area contributed by atoms with E-state index < -0.39 is 0 Å². The van der Waals surface area contributed by atoms with E-state index >= 15 is 0 Å². The van der Waals surface area contributed by atoms with E-state index in [0.29, 0.717) is 26.8 Å². The average molecular weight is 374 g/mol. The van der Waals surface area contributed by atoms with E-state index in [1.165, 1.54) is 0 Å². The minimum Gasteiger partial charge on any atom is -0.288 e. The van der Waals surface area contributed by atoms with Crippen LogP contribution in [-0.2, 0) is 6.42 Å². The van der Waals surface area contributed by atoms with Gasteiger partial charge in [-0.15, -0.1) is 0 Å². The van der Waals surface area contributed by atoms with Crippen LogP contribution in [0.2, 0.25) is 10.2 Å². The molecule has 0 aliphatic carbocycles. The summed E-state index contributed by atoms with van der Waals surface area (Å²) in [6.07, 6.45) is 0.772. The van der Waals surface area contributed by atoms with Crippen molar-refractivity contribution in [3.63, 3.8) is 0 Å². The highest BCUT2D eigenvalue weighted by Crippen LogP contribution is 2.23. The number of carbonyl (C=O) groups excluding carboxylic acids is 2. The number of rotatable bonds is 1. The topological polar surface area (TPSA) is 72.0 Å². The summed E-state index contributed by atoms with van der Waals surface area (Å²) in [6, 6.07) is 12.2. The lowest BCUT2D eigenvalue weighted by Gasteiger charge is -2.03. The van der Waals surface area contributed by atoms with Gasteiger partial charge < -0.3 is 0 Å². The summed E-state index contributed by atoms with van der Waals surface area (Å²) in [4.78, 5) is 30.5. The van der Waals surface area contributed by atoms with Crippen LogP contribution in [0.4, 0.5) is 0 Å². The van der Waals surface area contributed by atoms with Crippen molar-refractivity contribution in [3.05, 3.63) is 69.5 Å². The first-order chi connectivity index (χ1) is 12.0. The molecule has 1 aliphatic heterocycles. The van der Waals surface area contributed by atoms with Gasteiger partial charge in [0.05, 0.1) is 27.4 Å². The van der Waals surface area contributed by atoms with Gasteiger partial charge in [0.15, 0.2) is 5.15 Å². The van der Waals surface area contributed by atoms with Crippen LogP contribution < -0.4 is 5.32 Å². The molecule has 1 aromatic heterocycles. The maximum atomic E-state index is 10.9. The number of imide groups is 1. The van der Waals surface area contributed by atoms with Crippen LogP contribution in [-0.4, -0.2) is 21.8 Å². The van der Waals surface area contributed by atoms with Crippen molar-refractivity contribution < 1.29 is 9.59 Å². The van der Waals surface area contributed by atoms with Crippen molar-refractivity contribution in [2.75, 3.05) is 0 Å². The Morgan fingerprint density at radius 1 is 0.920 bits per heavy atom. The van der Waals surface area contributed by atoms with Gasteiger partial charge in [-0.05, 0) is 30.7 Å². The normalized spacial score (nSPS) is 12.4. The smallest absolute Gasteiger partial charge is 0.258 e. The second-order valence-electron chi connectivity index (χ2n) is 5.25. The zero-order valence-electron chi connectivity index (χ0n) is 13.2. The van der Waals surface area contributed by atoms with Gasteiger partial charge in [-0.25, -0.2) is 9.97 Å². The molecule has 0 saturated carbocycles. The van der Waals surface area contributed by atoms with Gasteiger partial charge in [-0.3, -0.25) is 14.9 Å². The van der Waals surface area contributed by atoms with Crippen molar-refractivity contribution in [1.29, 1.82) is 0 Å². The number of aromatic nitrogens is 2. The van der Waals surface area contributed by atoms with E-state index in [-0.39, 0.29) is 11.8 Å². The minimum atomic E-state index is -0.300. The van der Waals surface area contributed by atoms with Crippen molar-refractivity contribution >= 4 is 46.0 Å². The Morgan fingerprint density at radius 3 is 2.16 bits per heavy atom. The van der Waals surface area contributed by atoms with Crippen molar-refractivity contribution in [3.8, 4) is 0 Å². The molecule has 4 rings (SSSR count). The van der Waals surface area contributed by atoms with E-state index in [1.54, 1.807) is 30.3 Å². The second kappa shape index (κ2) is 7.17. The molecule has 0 saturated heterocycles. The molecule has 2 aromatic carbocycles. The molecule has 0 atom stereocenters. The maximum Gasteiger partial charge on any atom is 0.258 e. The number of benzene rings is 2. The van der Waals surface area contributed by atoms with Gasteiger partial charge in [0.1, 0.15) is 5.52 Å². The second-order valence-corrected chi connectivity index (χ2v) is 6.02. The molecule has 25 heavy (non-hydrogen) atoms. The van der Waals surface area contributed by atoms with Crippen LogP contribution in [0.1, 0.15) is 33.3 Å². The number of fused-ring (bicyclic) bond motifs is 2. The van der Waals surface area contributed by atoms with Gasteiger partial charge in [0, 0.05) is 0 Å². The maximum absolute atomic E-state index is 10.9. The fourth-order valence-corrected chi connectivity index (χ4v) is 2.87. The summed E-state index contributed by atoms with van der Waals surface area (Å²) < 4.78 is 0. The van der Waals surface area contributed by atoms with E-state index in [2.05, 4.69) is 15.3 Å². The number of carbonyl (C=O) groups is 2. The lowest BCUT2D eigenvalue weighted by molar-refractivity contribution is 0.0879. The van der Waals surface area contributed by atoms with Crippen molar-refractivity contribution in [2.45, 2.75) is 13.3 Å². The Labute approximate surface area is 154 Å². The lowest BCUT2D eigenvalue weighted by atomic mass is 10.1. The molecule has 2 heterocycles. The summed E-state index contributed by atoms with van der Waals surface area (Å²) in [6.45, 7) is 1.99. The van der Waals surface area contributed by atoms with E-state index in [0.717, 1.165) is 17.6 Å². The summed E-state index contributed by atoms with van der Waals surface area (Å²) in [5.41, 5.74) is 3.20. The Bertz CT molecular complexity index is 956. The van der Waals surface area contributed by atoms with Gasteiger partial charge in [-0.2, -0.15) is 0 Å². The molecule has 3 aromatic rings. The number of para-hydroxylation sites is 1. The molecule has 0 spiro atoms. The third kappa shape index (κ3) is 3.48. The van der Waals surface area contributed by atoms with Gasteiger partial charge >= 0.3 is 0 Å². The number of hydrogen-bond acceptors (Lipinski definition) is 4. The van der Waals surface area contributed by atoms with Crippen LogP contribution in [0.3, 0.4) is 0 Å². The summed E-state index contributed by atoms with van der Waals surface area (Å²) in [7, 11) is 0. The summed E-state index contributed by atoms with van der Waals surface area (Å²) in [5, 5.41) is 3.23. The molecular weight excluding hydrogens is 361 g/mol. The van der Waals surface area contributed by atoms with E-state index in [4.69, 9.17) is 23.2 Å². The first-order valence-corrected chi connectivity index (χ1v) is 8.32. The molecular formula is C18H13Cl2N3O2. The molecule has 0 unspecified atom stereocenters. The van der Waals surface area contributed by atoms with Crippen LogP contribution in [0.5, 0.6) is 0 Å². The molecule has 7 heteroatoms. The van der Waals surface area contributed by atoms with E-state index in [1.807, 2.05) is 19.1 Å². The monoisotopic (exact) mass is 373 g/mol. The zero-order chi connectivity index (χ0) is 18.0. The molecule has 126 valence electrons. The molecule has 2 amide bonds. The third-order valence-electron chi connectivity index (χ3n) is 3.65. The molecule has 1 N–H and O–H groups in total. The molecule has 1 aliphatic rings. The number of nitrogens with one attached hydrogen (secondary N) is 1. The molecule has 0 bridgehead atoms. The quantitative estimate of drug-likeness (QED) is 0.652. The lowest BCUT2D eigenvalue weighted by Crippen LogP contribution is -2.19. The molecule has 5 nitrogen and oxygen atoms in total. The predicted molar refractivity (Wildman–Crippen MR) is 97.2 cm³/mol. The Balaban J connectivity index is 0.000000150. The highest BCUT2D eigenvalue weighted by Gasteiger charge is 2.25. The predicted octanol–water partition coefficient (Wildman–Crippen LogP) is 4.07. The number of nitrogens with zero attached hydrogens (tertiary/aromatic N) is 2. The first kappa shape index (κ1) is 17.3. The van der Waals surface area contributed by atoms with Gasteiger partial charge in [-0.1, -0.05) is 48.3 Å². The third-order valence-corrected chi connectivity index (χ3v) is 4.25. The van der Waals surface area contributed by atoms with Crippen molar-refractivity contribution in [1.82, 2.24) is 15.3 Å². The van der Waals surface area contributed by atoms with Gasteiger partial charge in [0.25, 0.3) is 11.8 Å². The van der Waals surface area contributed by atoms with Gasteiger partial charge in [0.2, 0.25) is 0 Å². The fourth-order valence-electron chi connectivity index (χ4n) is 2.40.